The zero-order chi connectivity index (χ0) is 17.8. The molecule has 1 aliphatic heterocycles. The number of likely N-dealkylation sites (N-methyl/N-ethyl adjacent to an activating group) is 1. The van der Waals surface area contributed by atoms with Crippen LogP contribution in [-0.2, 0) is 11.3 Å². The van der Waals surface area contributed by atoms with Crippen molar-refractivity contribution >= 4 is 5.91 Å². The molecular formula is C17H21F2N5O. The number of benzene rings is 1. The summed E-state index contributed by atoms with van der Waals surface area (Å²) < 4.78 is 28.2. The molecule has 1 fully saturated rings. The average Bonchev–Trinajstić information content (AvgIpc) is 3.03. The molecule has 0 radical (unpaired) electrons. The second-order valence-electron chi connectivity index (χ2n) is 6.15. The summed E-state index contributed by atoms with van der Waals surface area (Å²) in [6.07, 6.45) is 1.62. The van der Waals surface area contributed by atoms with Gasteiger partial charge in [0.1, 0.15) is 11.5 Å². The number of rotatable bonds is 5. The number of carbonyl (C=O) groups excluding carboxylic acids is 1. The van der Waals surface area contributed by atoms with E-state index in [2.05, 4.69) is 10.4 Å². The summed E-state index contributed by atoms with van der Waals surface area (Å²) in [5, 5.41) is 7.52. The summed E-state index contributed by atoms with van der Waals surface area (Å²) in [5.74, 6) is -1.20. The molecule has 2 heterocycles. The molecule has 0 aliphatic carbocycles. The van der Waals surface area contributed by atoms with Gasteiger partial charge in [-0.1, -0.05) is 0 Å². The first kappa shape index (κ1) is 17.5. The Morgan fingerprint density at radius 3 is 2.76 bits per heavy atom. The molecule has 0 bridgehead atoms. The van der Waals surface area contributed by atoms with E-state index in [1.54, 1.807) is 12.3 Å². The molecule has 0 unspecified atom stereocenters. The van der Waals surface area contributed by atoms with Crippen LogP contribution in [0.1, 0.15) is 5.69 Å². The lowest BCUT2D eigenvalue weighted by Gasteiger charge is -2.29. The molecule has 25 heavy (non-hydrogen) atoms. The van der Waals surface area contributed by atoms with Crippen molar-refractivity contribution < 1.29 is 13.6 Å². The minimum atomic E-state index is -0.670. The number of amides is 1. The number of hydrogen-bond donors (Lipinski definition) is 1. The summed E-state index contributed by atoms with van der Waals surface area (Å²) in [4.78, 5) is 16.0. The van der Waals surface area contributed by atoms with Gasteiger partial charge in [0.2, 0.25) is 5.91 Å². The third-order valence-electron chi connectivity index (χ3n) is 4.11. The molecule has 8 heteroatoms. The lowest BCUT2D eigenvalue weighted by atomic mass is 10.3. The predicted molar refractivity (Wildman–Crippen MR) is 89.3 cm³/mol. The fourth-order valence-electron chi connectivity index (χ4n) is 2.82. The van der Waals surface area contributed by atoms with Gasteiger partial charge in [-0.05, 0) is 25.2 Å². The highest BCUT2D eigenvalue weighted by Gasteiger charge is 2.18. The van der Waals surface area contributed by atoms with Gasteiger partial charge in [0.15, 0.2) is 5.82 Å². The zero-order valence-corrected chi connectivity index (χ0v) is 14.1. The van der Waals surface area contributed by atoms with E-state index in [1.165, 1.54) is 16.8 Å². The predicted octanol–water partition coefficient (Wildman–Crippen LogP) is 1.01. The minimum Gasteiger partial charge on any atom is -0.339 e. The van der Waals surface area contributed by atoms with Gasteiger partial charge in [0, 0.05) is 45.0 Å². The number of carbonyl (C=O) groups is 1. The van der Waals surface area contributed by atoms with E-state index in [0.29, 0.717) is 18.8 Å². The Labute approximate surface area is 145 Å². The summed E-state index contributed by atoms with van der Waals surface area (Å²) in [7, 11) is 1.84. The quantitative estimate of drug-likeness (QED) is 0.876. The number of hydrogen-bond acceptors (Lipinski definition) is 4. The first-order valence-electron chi connectivity index (χ1n) is 8.20. The molecule has 1 aromatic carbocycles. The van der Waals surface area contributed by atoms with Gasteiger partial charge < -0.3 is 10.2 Å². The number of nitrogens with zero attached hydrogens (tertiary/aromatic N) is 4. The van der Waals surface area contributed by atoms with Crippen molar-refractivity contribution in [3.05, 3.63) is 47.8 Å². The Hall–Kier alpha value is -2.32. The van der Waals surface area contributed by atoms with E-state index < -0.39 is 11.6 Å². The summed E-state index contributed by atoms with van der Waals surface area (Å²) >= 11 is 0. The molecule has 1 N–H and O–H groups in total. The SMILES string of the molecule is CN(CC(=O)N1CCNCC1)Cc1ccn(-c2ccc(F)cc2F)n1. The fraction of sp³-hybridized carbons (Fsp3) is 0.412. The van der Waals surface area contributed by atoms with Crippen LogP contribution in [-0.4, -0.2) is 65.3 Å². The molecule has 0 saturated carbocycles. The molecule has 1 aromatic heterocycles. The molecule has 134 valence electrons. The van der Waals surface area contributed by atoms with Crippen molar-refractivity contribution in [1.29, 1.82) is 0 Å². The molecule has 3 rings (SSSR count). The van der Waals surface area contributed by atoms with E-state index in [-0.39, 0.29) is 11.6 Å². The largest absolute Gasteiger partial charge is 0.339 e. The Morgan fingerprint density at radius 1 is 1.28 bits per heavy atom. The van der Waals surface area contributed by atoms with Crippen LogP contribution < -0.4 is 5.32 Å². The van der Waals surface area contributed by atoms with Crippen LogP contribution in [0.5, 0.6) is 0 Å². The van der Waals surface area contributed by atoms with Crippen LogP contribution in [0, 0.1) is 11.6 Å². The summed E-state index contributed by atoms with van der Waals surface area (Å²) in [5.41, 5.74) is 0.895. The van der Waals surface area contributed by atoms with Gasteiger partial charge in [-0.25, -0.2) is 13.5 Å². The normalized spacial score (nSPS) is 15.0. The Kier molecular flexibility index (Phi) is 5.40. The smallest absolute Gasteiger partial charge is 0.236 e. The van der Waals surface area contributed by atoms with E-state index in [9.17, 15) is 13.6 Å². The average molecular weight is 349 g/mol. The second kappa shape index (κ2) is 7.71. The van der Waals surface area contributed by atoms with Crippen LogP contribution in [0.4, 0.5) is 8.78 Å². The minimum absolute atomic E-state index is 0.0908. The first-order chi connectivity index (χ1) is 12.0. The number of aromatic nitrogens is 2. The maximum absolute atomic E-state index is 13.8. The molecule has 2 aromatic rings. The van der Waals surface area contributed by atoms with Crippen molar-refractivity contribution in [2.24, 2.45) is 0 Å². The molecule has 1 aliphatic rings. The molecule has 1 amide bonds. The first-order valence-corrected chi connectivity index (χ1v) is 8.20. The van der Waals surface area contributed by atoms with Crippen LogP contribution in [0.2, 0.25) is 0 Å². The van der Waals surface area contributed by atoms with Gasteiger partial charge in [-0.15, -0.1) is 0 Å². The van der Waals surface area contributed by atoms with Crippen LogP contribution in [0.25, 0.3) is 5.69 Å². The highest BCUT2D eigenvalue weighted by atomic mass is 19.1. The van der Waals surface area contributed by atoms with E-state index >= 15 is 0 Å². The van der Waals surface area contributed by atoms with Crippen LogP contribution >= 0.6 is 0 Å². The van der Waals surface area contributed by atoms with Gasteiger partial charge in [-0.3, -0.25) is 9.69 Å². The maximum atomic E-state index is 13.8. The summed E-state index contributed by atoms with van der Waals surface area (Å²) in [6, 6.07) is 5.13. The third kappa shape index (κ3) is 4.40. The summed E-state index contributed by atoms with van der Waals surface area (Å²) in [6.45, 7) is 3.87. The highest BCUT2D eigenvalue weighted by Crippen LogP contribution is 2.14. The monoisotopic (exact) mass is 349 g/mol. The van der Waals surface area contributed by atoms with E-state index in [1.807, 2.05) is 16.8 Å². The van der Waals surface area contributed by atoms with Crippen molar-refractivity contribution in [3.8, 4) is 5.69 Å². The van der Waals surface area contributed by atoms with Gasteiger partial charge in [0.25, 0.3) is 0 Å². The van der Waals surface area contributed by atoms with Crippen LogP contribution in [0.15, 0.2) is 30.5 Å². The molecule has 0 atom stereocenters. The van der Waals surface area contributed by atoms with Crippen molar-refractivity contribution in [2.45, 2.75) is 6.54 Å². The number of halogens is 2. The van der Waals surface area contributed by atoms with E-state index in [4.69, 9.17) is 0 Å². The van der Waals surface area contributed by atoms with E-state index in [0.717, 1.165) is 32.2 Å². The third-order valence-corrected chi connectivity index (χ3v) is 4.11. The molecule has 6 nitrogen and oxygen atoms in total. The molecule has 1 saturated heterocycles. The number of nitrogens with one attached hydrogen (secondary N) is 1. The van der Waals surface area contributed by atoms with Crippen molar-refractivity contribution in [1.82, 2.24) is 24.9 Å². The van der Waals surface area contributed by atoms with Gasteiger partial charge in [-0.2, -0.15) is 5.10 Å². The lowest BCUT2D eigenvalue weighted by molar-refractivity contribution is -0.132. The Bertz CT molecular complexity index is 742. The van der Waals surface area contributed by atoms with Crippen molar-refractivity contribution in [2.75, 3.05) is 39.8 Å². The zero-order valence-electron chi connectivity index (χ0n) is 14.1. The second-order valence-corrected chi connectivity index (χ2v) is 6.15. The molecular weight excluding hydrogens is 328 g/mol. The maximum Gasteiger partial charge on any atom is 0.236 e. The Morgan fingerprint density at radius 2 is 2.04 bits per heavy atom. The van der Waals surface area contributed by atoms with Gasteiger partial charge in [0.05, 0.1) is 12.2 Å². The Balaban J connectivity index is 1.59. The van der Waals surface area contributed by atoms with Crippen molar-refractivity contribution in [3.63, 3.8) is 0 Å². The van der Waals surface area contributed by atoms with Gasteiger partial charge >= 0.3 is 0 Å². The number of piperazine rings is 1. The highest BCUT2D eigenvalue weighted by molar-refractivity contribution is 5.78. The fourth-order valence-corrected chi connectivity index (χ4v) is 2.82. The topological polar surface area (TPSA) is 53.4 Å². The lowest BCUT2D eigenvalue weighted by Crippen LogP contribution is -2.49. The molecule has 0 spiro atoms. The standard InChI is InChI=1S/C17H21F2N5O/c1-22(12-17(25)23-8-5-20-6-9-23)11-14-4-7-24(21-14)16-3-2-13(18)10-15(16)19/h2-4,7,10,20H,5-6,8-9,11-12H2,1H3. The van der Waals surface area contributed by atoms with Crippen LogP contribution in [0.3, 0.4) is 0 Å².